The summed E-state index contributed by atoms with van der Waals surface area (Å²) < 4.78 is 5.51. The SMILES string of the molecule is NC(COc1ccc([N+](=O)[O-])c(Cl)c1)c1ccccc1. The van der Waals surface area contributed by atoms with E-state index < -0.39 is 4.92 Å². The maximum Gasteiger partial charge on any atom is 0.288 e. The van der Waals surface area contributed by atoms with Gasteiger partial charge in [-0.15, -0.1) is 0 Å². The Bertz CT molecular complexity index is 605. The lowest BCUT2D eigenvalue weighted by molar-refractivity contribution is -0.384. The first kappa shape index (κ1) is 14.3. The van der Waals surface area contributed by atoms with Crippen LogP contribution < -0.4 is 10.5 Å². The Kier molecular flexibility index (Phi) is 4.55. The van der Waals surface area contributed by atoms with Gasteiger partial charge in [0.1, 0.15) is 17.4 Å². The quantitative estimate of drug-likeness (QED) is 0.677. The van der Waals surface area contributed by atoms with Gasteiger partial charge in [0, 0.05) is 12.1 Å². The minimum absolute atomic E-state index is 0.0424. The van der Waals surface area contributed by atoms with Crippen LogP contribution in [0.3, 0.4) is 0 Å². The number of halogens is 1. The van der Waals surface area contributed by atoms with Gasteiger partial charge in [-0.2, -0.15) is 0 Å². The number of nitrogens with zero attached hydrogens (tertiary/aromatic N) is 1. The van der Waals surface area contributed by atoms with Crippen molar-refractivity contribution in [2.75, 3.05) is 6.61 Å². The number of nitro groups is 1. The second-order valence-corrected chi connectivity index (χ2v) is 4.61. The minimum Gasteiger partial charge on any atom is -0.492 e. The van der Waals surface area contributed by atoms with Crippen LogP contribution in [-0.2, 0) is 0 Å². The van der Waals surface area contributed by atoms with Crippen molar-refractivity contribution >= 4 is 17.3 Å². The molecule has 0 amide bonds. The number of ether oxygens (including phenoxy) is 1. The number of hydrogen-bond acceptors (Lipinski definition) is 4. The van der Waals surface area contributed by atoms with Gasteiger partial charge >= 0.3 is 0 Å². The second kappa shape index (κ2) is 6.36. The summed E-state index contributed by atoms with van der Waals surface area (Å²) in [5, 5.41) is 10.7. The largest absolute Gasteiger partial charge is 0.492 e. The monoisotopic (exact) mass is 292 g/mol. The van der Waals surface area contributed by atoms with Crippen molar-refractivity contribution in [3.8, 4) is 5.75 Å². The fraction of sp³-hybridized carbons (Fsp3) is 0.143. The molecule has 2 aromatic carbocycles. The molecule has 5 nitrogen and oxygen atoms in total. The predicted molar refractivity (Wildman–Crippen MR) is 77.0 cm³/mol. The molecule has 2 aromatic rings. The predicted octanol–water partition coefficient (Wildman–Crippen LogP) is 3.33. The molecule has 6 heteroatoms. The molecule has 0 saturated heterocycles. The summed E-state index contributed by atoms with van der Waals surface area (Å²) in [5.41, 5.74) is 6.80. The lowest BCUT2D eigenvalue weighted by Crippen LogP contribution is -2.18. The molecule has 1 atom stereocenters. The zero-order valence-electron chi connectivity index (χ0n) is 10.5. The second-order valence-electron chi connectivity index (χ2n) is 4.20. The van der Waals surface area contributed by atoms with Crippen molar-refractivity contribution in [2.45, 2.75) is 6.04 Å². The highest BCUT2D eigenvalue weighted by atomic mass is 35.5. The third-order valence-corrected chi connectivity index (χ3v) is 3.08. The van der Waals surface area contributed by atoms with Gasteiger partial charge in [0.05, 0.1) is 11.0 Å². The van der Waals surface area contributed by atoms with Gasteiger partial charge in [0.25, 0.3) is 5.69 Å². The van der Waals surface area contributed by atoms with Crippen molar-refractivity contribution in [2.24, 2.45) is 5.73 Å². The molecule has 0 aliphatic rings. The summed E-state index contributed by atoms with van der Waals surface area (Å²) in [4.78, 5) is 10.1. The van der Waals surface area contributed by atoms with E-state index in [0.717, 1.165) is 5.56 Å². The molecule has 0 spiro atoms. The molecule has 0 aliphatic carbocycles. The van der Waals surface area contributed by atoms with Gasteiger partial charge in [0.2, 0.25) is 0 Å². The summed E-state index contributed by atoms with van der Waals surface area (Å²) >= 11 is 5.80. The van der Waals surface area contributed by atoms with E-state index in [-0.39, 0.29) is 23.4 Å². The van der Waals surface area contributed by atoms with Crippen LogP contribution in [0.5, 0.6) is 5.75 Å². The van der Waals surface area contributed by atoms with E-state index in [2.05, 4.69) is 0 Å². The molecule has 0 fully saturated rings. The summed E-state index contributed by atoms with van der Waals surface area (Å²) in [5.74, 6) is 0.451. The van der Waals surface area contributed by atoms with Crippen LogP contribution in [0.2, 0.25) is 5.02 Å². The molecule has 0 aromatic heterocycles. The van der Waals surface area contributed by atoms with Crippen LogP contribution >= 0.6 is 11.6 Å². The van der Waals surface area contributed by atoms with E-state index in [4.69, 9.17) is 22.1 Å². The lowest BCUT2D eigenvalue weighted by atomic mass is 10.1. The molecule has 104 valence electrons. The molecule has 0 aliphatic heterocycles. The Morgan fingerprint density at radius 1 is 1.25 bits per heavy atom. The lowest BCUT2D eigenvalue weighted by Gasteiger charge is -2.13. The van der Waals surface area contributed by atoms with Gasteiger partial charge in [0.15, 0.2) is 0 Å². The fourth-order valence-electron chi connectivity index (χ4n) is 1.71. The highest BCUT2D eigenvalue weighted by Gasteiger charge is 2.13. The molecular formula is C14H13ClN2O3. The van der Waals surface area contributed by atoms with Crippen LogP contribution in [0.25, 0.3) is 0 Å². The van der Waals surface area contributed by atoms with Crippen molar-refractivity contribution < 1.29 is 9.66 Å². The van der Waals surface area contributed by atoms with Crippen LogP contribution in [0.1, 0.15) is 11.6 Å². The van der Waals surface area contributed by atoms with E-state index in [0.29, 0.717) is 5.75 Å². The topological polar surface area (TPSA) is 78.4 Å². The normalized spacial score (nSPS) is 11.9. The highest BCUT2D eigenvalue weighted by Crippen LogP contribution is 2.28. The van der Waals surface area contributed by atoms with E-state index >= 15 is 0 Å². The van der Waals surface area contributed by atoms with Crippen molar-refractivity contribution in [3.05, 3.63) is 69.2 Å². The van der Waals surface area contributed by atoms with Gasteiger partial charge in [-0.05, 0) is 11.6 Å². The number of nitrogens with two attached hydrogens (primary N) is 1. The maximum atomic E-state index is 10.6. The number of rotatable bonds is 5. The van der Waals surface area contributed by atoms with Crippen molar-refractivity contribution in [1.29, 1.82) is 0 Å². The van der Waals surface area contributed by atoms with Crippen LogP contribution in [0.15, 0.2) is 48.5 Å². The van der Waals surface area contributed by atoms with Gasteiger partial charge < -0.3 is 10.5 Å². The van der Waals surface area contributed by atoms with Gasteiger partial charge in [-0.3, -0.25) is 10.1 Å². The fourth-order valence-corrected chi connectivity index (χ4v) is 1.95. The maximum absolute atomic E-state index is 10.6. The standard InChI is InChI=1S/C14H13ClN2O3/c15-12-8-11(6-7-14(12)17(18)19)20-9-13(16)10-4-2-1-3-5-10/h1-8,13H,9,16H2. The highest BCUT2D eigenvalue weighted by molar-refractivity contribution is 6.32. The Hall–Kier alpha value is -2.11. The van der Waals surface area contributed by atoms with E-state index in [9.17, 15) is 10.1 Å². The number of benzene rings is 2. The van der Waals surface area contributed by atoms with Crippen molar-refractivity contribution in [1.82, 2.24) is 0 Å². The molecule has 0 heterocycles. The summed E-state index contributed by atoms with van der Waals surface area (Å²) in [6.07, 6.45) is 0. The molecule has 2 rings (SSSR count). The first-order valence-electron chi connectivity index (χ1n) is 5.95. The van der Waals surface area contributed by atoms with Crippen molar-refractivity contribution in [3.63, 3.8) is 0 Å². The van der Waals surface area contributed by atoms with Gasteiger partial charge in [-0.1, -0.05) is 41.9 Å². The van der Waals surface area contributed by atoms with E-state index in [1.165, 1.54) is 18.2 Å². The third kappa shape index (κ3) is 3.46. The Morgan fingerprint density at radius 3 is 2.55 bits per heavy atom. The molecule has 20 heavy (non-hydrogen) atoms. The Balaban J connectivity index is 2.01. The first-order valence-corrected chi connectivity index (χ1v) is 6.33. The summed E-state index contributed by atoms with van der Waals surface area (Å²) in [6.45, 7) is 0.262. The average Bonchev–Trinajstić information content (AvgIpc) is 2.45. The van der Waals surface area contributed by atoms with Crippen LogP contribution in [0, 0.1) is 10.1 Å². The molecule has 0 radical (unpaired) electrons. The molecule has 1 unspecified atom stereocenters. The minimum atomic E-state index is -0.540. The smallest absolute Gasteiger partial charge is 0.288 e. The van der Waals surface area contributed by atoms with E-state index in [1.807, 2.05) is 30.3 Å². The Labute approximate surface area is 121 Å². The average molecular weight is 293 g/mol. The molecule has 0 bridgehead atoms. The summed E-state index contributed by atoms with van der Waals surface area (Å²) in [7, 11) is 0. The number of nitro benzene ring substituents is 1. The molecule has 2 N–H and O–H groups in total. The Morgan fingerprint density at radius 2 is 1.95 bits per heavy atom. The third-order valence-electron chi connectivity index (χ3n) is 2.77. The molecule has 0 saturated carbocycles. The van der Waals surface area contributed by atoms with E-state index in [1.54, 1.807) is 0 Å². The number of hydrogen-bond donors (Lipinski definition) is 1. The van der Waals surface area contributed by atoms with Gasteiger partial charge in [-0.25, -0.2) is 0 Å². The molecular weight excluding hydrogens is 280 g/mol. The zero-order valence-corrected chi connectivity index (χ0v) is 11.3. The van der Waals surface area contributed by atoms with Crippen LogP contribution in [-0.4, -0.2) is 11.5 Å². The zero-order chi connectivity index (χ0) is 14.5. The van der Waals surface area contributed by atoms with Crippen LogP contribution in [0.4, 0.5) is 5.69 Å². The summed E-state index contributed by atoms with van der Waals surface area (Å²) in [6, 6.07) is 13.5. The first-order chi connectivity index (χ1) is 9.58.